The molecule has 0 aliphatic carbocycles. The standard InChI is InChI=1S/C12H15N3O2.BrH/c1-3-17-11(16)8-15-10-7-5-4-6-9(10)14(2)12(15)13;/h4-7,13H,3,8H2,1-2H3;1H. The molecule has 0 unspecified atom stereocenters. The quantitative estimate of drug-likeness (QED) is 0.508. The van der Waals surface area contributed by atoms with E-state index >= 15 is 0 Å². The van der Waals surface area contributed by atoms with Gasteiger partial charge in [-0.15, -0.1) is 0 Å². The number of nitrogens with two attached hydrogens (primary N) is 1. The summed E-state index contributed by atoms with van der Waals surface area (Å²) >= 11 is 0. The van der Waals surface area contributed by atoms with Crippen molar-refractivity contribution in [2.45, 2.75) is 13.5 Å². The number of hydrogen-bond donors (Lipinski definition) is 1. The Labute approximate surface area is 116 Å². The van der Waals surface area contributed by atoms with Crippen molar-refractivity contribution >= 4 is 23.0 Å². The van der Waals surface area contributed by atoms with Gasteiger partial charge in [-0.25, -0.2) is 13.9 Å². The molecule has 0 aliphatic rings. The van der Waals surface area contributed by atoms with E-state index in [-0.39, 0.29) is 29.5 Å². The van der Waals surface area contributed by atoms with Crippen LogP contribution in [0.5, 0.6) is 0 Å². The molecule has 0 aliphatic heterocycles. The fraction of sp³-hybridized carbons (Fsp3) is 0.333. The van der Waals surface area contributed by atoms with Crippen molar-refractivity contribution in [3.8, 4) is 0 Å². The minimum atomic E-state index is -0.277. The molecule has 0 atom stereocenters. The summed E-state index contributed by atoms with van der Waals surface area (Å²) in [6, 6.07) is 7.76. The van der Waals surface area contributed by atoms with Crippen LogP contribution in [0.3, 0.4) is 0 Å². The van der Waals surface area contributed by atoms with E-state index in [0.29, 0.717) is 12.6 Å². The Morgan fingerprint density at radius 2 is 2.11 bits per heavy atom. The SMILES string of the molecule is CCOC(=O)Cn1c(N)[n+](C)c2ccccc21.[Br-]. The zero-order valence-electron chi connectivity index (χ0n) is 10.4. The number of carbonyl (C=O) groups excluding carboxylic acids is 1. The molecule has 0 saturated carbocycles. The molecule has 0 fully saturated rings. The Morgan fingerprint density at radius 1 is 1.44 bits per heavy atom. The molecule has 2 aromatic rings. The Balaban J connectivity index is 0.00000162. The highest BCUT2D eigenvalue weighted by molar-refractivity contribution is 5.77. The number of nitrogens with zero attached hydrogens (tertiary/aromatic N) is 2. The third kappa shape index (κ3) is 2.48. The van der Waals surface area contributed by atoms with Crippen LogP contribution in [0, 0.1) is 0 Å². The molecule has 0 amide bonds. The summed E-state index contributed by atoms with van der Waals surface area (Å²) in [6.45, 7) is 2.31. The summed E-state index contributed by atoms with van der Waals surface area (Å²) in [4.78, 5) is 11.5. The van der Waals surface area contributed by atoms with Crippen molar-refractivity contribution < 1.29 is 31.1 Å². The highest BCUT2D eigenvalue weighted by Crippen LogP contribution is 2.14. The molecule has 2 rings (SSSR count). The predicted octanol–water partition coefficient (Wildman–Crippen LogP) is -2.38. The molecule has 2 N–H and O–H groups in total. The first kappa shape index (κ1) is 14.5. The van der Waals surface area contributed by atoms with Crippen LogP contribution in [0.4, 0.5) is 5.95 Å². The molecule has 1 heterocycles. The molecular weight excluding hydrogens is 298 g/mol. The van der Waals surface area contributed by atoms with Gasteiger partial charge in [0.05, 0.1) is 13.7 Å². The van der Waals surface area contributed by atoms with Crippen LogP contribution in [0.1, 0.15) is 6.92 Å². The number of benzene rings is 1. The van der Waals surface area contributed by atoms with Gasteiger partial charge in [-0.2, -0.15) is 0 Å². The number of imidazole rings is 1. The van der Waals surface area contributed by atoms with Crippen LogP contribution in [-0.2, 0) is 23.1 Å². The summed E-state index contributed by atoms with van der Waals surface area (Å²) in [5.74, 6) is 0.264. The molecule has 18 heavy (non-hydrogen) atoms. The lowest BCUT2D eigenvalue weighted by atomic mass is 10.3. The van der Waals surface area contributed by atoms with Gasteiger partial charge in [-0.1, -0.05) is 12.1 Å². The lowest BCUT2D eigenvalue weighted by Gasteiger charge is -2.01. The Morgan fingerprint density at radius 3 is 2.78 bits per heavy atom. The average Bonchev–Trinajstić information content (AvgIpc) is 2.56. The molecule has 1 aromatic heterocycles. The smallest absolute Gasteiger partial charge is 0.356 e. The summed E-state index contributed by atoms with van der Waals surface area (Å²) in [5, 5.41) is 0. The highest BCUT2D eigenvalue weighted by Gasteiger charge is 2.20. The van der Waals surface area contributed by atoms with E-state index in [0.717, 1.165) is 11.0 Å². The van der Waals surface area contributed by atoms with E-state index in [1.54, 1.807) is 11.5 Å². The van der Waals surface area contributed by atoms with E-state index in [1.807, 2.05) is 35.9 Å². The van der Waals surface area contributed by atoms with Gasteiger partial charge in [0.25, 0.3) is 0 Å². The topological polar surface area (TPSA) is 61.1 Å². The van der Waals surface area contributed by atoms with Crippen LogP contribution in [-0.4, -0.2) is 17.1 Å². The van der Waals surface area contributed by atoms with Gasteiger partial charge in [0.1, 0.15) is 11.0 Å². The van der Waals surface area contributed by atoms with Crippen molar-refractivity contribution in [3.63, 3.8) is 0 Å². The minimum Gasteiger partial charge on any atom is -1.00 e. The minimum absolute atomic E-state index is 0. The van der Waals surface area contributed by atoms with E-state index in [1.165, 1.54) is 0 Å². The molecule has 0 radical (unpaired) electrons. The molecule has 0 spiro atoms. The van der Waals surface area contributed by atoms with E-state index in [9.17, 15) is 4.79 Å². The molecule has 6 heteroatoms. The Kier molecular flexibility index (Phi) is 4.72. The van der Waals surface area contributed by atoms with E-state index in [4.69, 9.17) is 10.5 Å². The number of anilines is 1. The Hall–Kier alpha value is -1.56. The second-order valence-electron chi connectivity index (χ2n) is 3.80. The van der Waals surface area contributed by atoms with Crippen molar-refractivity contribution in [1.82, 2.24) is 4.57 Å². The van der Waals surface area contributed by atoms with Crippen LogP contribution in [0.25, 0.3) is 11.0 Å². The third-order valence-electron chi connectivity index (χ3n) is 2.75. The second kappa shape index (κ2) is 5.86. The monoisotopic (exact) mass is 313 g/mol. The molecule has 1 aromatic carbocycles. The maximum atomic E-state index is 11.5. The number of carbonyl (C=O) groups is 1. The molecule has 0 bridgehead atoms. The summed E-state index contributed by atoms with van der Waals surface area (Å²) in [7, 11) is 1.87. The average molecular weight is 314 g/mol. The number of aryl methyl sites for hydroxylation is 1. The first-order valence-corrected chi connectivity index (χ1v) is 5.53. The molecule has 5 nitrogen and oxygen atoms in total. The van der Waals surface area contributed by atoms with Crippen molar-refractivity contribution in [2.75, 3.05) is 12.3 Å². The van der Waals surface area contributed by atoms with E-state index < -0.39 is 0 Å². The summed E-state index contributed by atoms with van der Waals surface area (Å²) < 4.78 is 8.55. The molecular formula is C12H16BrN3O2. The van der Waals surface area contributed by atoms with Crippen LogP contribution in [0.2, 0.25) is 0 Å². The fourth-order valence-corrected chi connectivity index (χ4v) is 1.91. The maximum absolute atomic E-state index is 11.5. The third-order valence-corrected chi connectivity index (χ3v) is 2.75. The molecule has 98 valence electrons. The number of esters is 1. The number of aromatic nitrogens is 2. The van der Waals surface area contributed by atoms with Crippen LogP contribution >= 0.6 is 0 Å². The van der Waals surface area contributed by atoms with Crippen LogP contribution < -0.4 is 27.3 Å². The summed E-state index contributed by atoms with van der Waals surface area (Å²) in [5.41, 5.74) is 7.90. The predicted molar refractivity (Wildman–Crippen MR) is 64.2 cm³/mol. The first-order chi connectivity index (χ1) is 8.15. The lowest BCUT2D eigenvalue weighted by molar-refractivity contribution is -0.630. The lowest BCUT2D eigenvalue weighted by Crippen LogP contribution is -3.00. The number of para-hydroxylation sites is 2. The van der Waals surface area contributed by atoms with Gasteiger partial charge in [0.15, 0.2) is 6.54 Å². The second-order valence-corrected chi connectivity index (χ2v) is 3.80. The molecule has 0 saturated heterocycles. The van der Waals surface area contributed by atoms with Crippen molar-refractivity contribution in [1.29, 1.82) is 0 Å². The Bertz CT molecular complexity index is 566. The van der Waals surface area contributed by atoms with Gasteiger partial charge < -0.3 is 21.7 Å². The maximum Gasteiger partial charge on any atom is 0.356 e. The van der Waals surface area contributed by atoms with Crippen molar-refractivity contribution in [2.24, 2.45) is 7.05 Å². The van der Waals surface area contributed by atoms with Crippen molar-refractivity contribution in [3.05, 3.63) is 24.3 Å². The van der Waals surface area contributed by atoms with Gasteiger partial charge in [0.2, 0.25) is 0 Å². The number of ether oxygens (including phenoxy) is 1. The fourth-order valence-electron chi connectivity index (χ4n) is 1.91. The normalized spacial score (nSPS) is 10.1. The number of nitrogen functional groups attached to an aromatic ring is 1. The van der Waals surface area contributed by atoms with Gasteiger partial charge in [-0.3, -0.25) is 5.73 Å². The van der Waals surface area contributed by atoms with E-state index in [2.05, 4.69) is 0 Å². The zero-order chi connectivity index (χ0) is 12.4. The van der Waals surface area contributed by atoms with Gasteiger partial charge >= 0.3 is 11.9 Å². The highest BCUT2D eigenvalue weighted by atomic mass is 79.9. The largest absolute Gasteiger partial charge is 1.00 e. The number of hydrogen-bond acceptors (Lipinski definition) is 3. The van der Waals surface area contributed by atoms with Crippen LogP contribution in [0.15, 0.2) is 24.3 Å². The summed E-state index contributed by atoms with van der Waals surface area (Å²) in [6.07, 6.45) is 0. The number of halogens is 1. The van der Waals surface area contributed by atoms with Gasteiger partial charge in [-0.05, 0) is 19.1 Å². The number of rotatable bonds is 3. The zero-order valence-corrected chi connectivity index (χ0v) is 12.0. The first-order valence-electron chi connectivity index (χ1n) is 5.53. The number of fused-ring (bicyclic) bond motifs is 1. The van der Waals surface area contributed by atoms with Gasteiger partial charge in [0, 0.05) is 0 Å².